The van der Waals surface area contributed by atoms with Crippen LogP contribution in [0.5, 0.6) is 5.75 Å². The summed E-state index contributed by atoms with van der Waals surface area (Å²) in [6, 6.07) is 8.78. The van der Waals surface area contributed by atoms with Crippen LogP contribution in [0.3, 0.4) is 0 Å². The monoisotopic (exact) mass is 511 g/mol. The Labute approximate surface area is 221 Å². The number of benzene rings is 1. The quantitative estimate of drug-likeness (QED) is 0.506. The Hall–Kier alpha value is -1.18. The molecule has 1 aromatic carbocycles. The molecule has 0 aromatic heterocycles. The maximum Gasteiger partial charge on any atom is 0.210 e. The molecule has 2 spiro atoms. The molecule has 4 bridgehead atoms. The molecule has 7 aliphatic rings. The molecule has 2 atom stereocenters. The summed E-state index contributed by atoms with van der Waals surface area (Å²) >= 11 is 0. The first kappa shape index (κ1) is 24.8. The van der Waals surface area contributed by atoms with Gasteiger partial charge >= 0.3 is 0 Å². The van der Waals surface area contributed by atoms with Crippen molar-refractivity contribution in [2.75, 3.05) is 19.6 Å². The van der Waals surface area contributed by atoms with Gasteiger partial charge in [-0.25, -0.2) is 0 Å². The van der Waals surface area contributed by atoms with Gasteiger partial charge in [-0.15, -0.1) is 0 Å². The van der Waals surface area contributed by atoms with Crippen LogP contribution in [0.15, 0.2) is 24.3 Å². The van der Waals surface area contributed by atoms with Crippen molar-refractivity contribution >= 4 is 0 Å². The second kappa shape index (κ2) is 9.19. The molecule has 5 aliphatic carbocycles. The second-order valence-electron chi connectivity index (χ2n) is 14.0. The van der Waals surface area contributed by atoms with Crippen LogP contribution in [0.2, 0.25) is 0 Å². The van der Waals surface area contributed by atoms with Crippen molar-refractivity contribution in [3.63, 3.8) is 0 Å². The molecule has 5 saturated carbocycles. The molecule has 0 radical (unpaired) electrons. The lowest BCUT2D eigenvalue weighted by molar-refractivity contribution is -0.390. The molecular weight excluding hydrogens is 466 g/mol. The first-order valence-corrected chi connectivity index (χ1v) is 15.1. The molecule has 1 aromatic rings. The summed E-state index contributed by atoms with van der Waals surface area (Å²) in [6.45, 7) is 6.43. The highest BCUT2D eigenvalue weighted by Gasteiger charge is 2.67. The second-order valence-corrected chi connectivity index (χ2v) is 14.0. The maximum atomic E-state index is 10.1. The van der Waals surface area contributed by atoms with Crippen molar-refractivity contribution in [2.24, 2.45) is 23.7 Å². The Morgan fingerprint density at radius 1 is 0.946 bits per heavy atom. The third-order valence-electron chi connectivity index (χ3n) is 10.4. The van der Waals surface area contributed by atoms with Gasteiger partial charge in [-0.2, -0.15) is 9.78 Å². The molecule has 2 heterocycles. The van der Waals surface area contributed by atoms with Crippen LogP contribution in [0, 0.1) is 23.7 Å². The predicted molar refractivity (Wildman–Crippen MR) is 140 cm³/mol. The summed E-state index contributed by atoms with van der Waals surface area (Å²) in [5.74, 6) is 3.13. The maximum absolute atomic E-state index is 10.1. The van der Waals surface area contributed by atoms with Gasteiger partial charge in [0.15, 0.2) is 0 Å². The van der Waals surface area contributed by atoms with E-state index in [0.29, 0.717) is 17.8 Å². The van der Waals surface area contributed by atoms with Crippen LogP contribution in [-0.4, -0.2) is 52.9 Å². The van der Waals surface area contributed by atoms with Crippen LogP contribution in [0.25, 0.3) is 0 Å². The fourth-order valence-corrected chi connectivity index (χ4v) is 9.00. The fourth-order valence-electron chi connectivity index (χ4n) is 9.00. The van der Waals surface area contributed by atoms with Crippen molar-refractivity contribution in [1.82, 2.24) is 4.90 Å². The van der Waals surface area contributed by atoms with Gasteiger partial charge in [0.05, 0.1) is 5.60 Å². The first-order chi connectivity index (χ1) is 17.8. The number of hydrogen-bond donors (Lipinski definition) is 1. The number of piperidine rings is 1. The van der Waals surface area contributed by atoms with Crippen LogP contribution in [0.1, 0.15) is 96.0 Å². The number of aliphatic hydroxyl groups is 1. The van der Waals surface area contributed by atoms with Gasteiger partial charge < -0.3 is 19.5 Å². The highest BCUT2D eigenvalue weighted by molar-refractivity contribution is 5.30. The predicted octanol–water partition coefficient (Wildman–Crippen LogP) is 5.79. The molecule has 6 heteroatoms. The molecule has 6 nitrogen and oxygen atoms in total. The molecule has 2 saturated heterocycles. The lowest BCUT2D eigenvalue weighted by Crippen LogP contribution is -2.59. The number of hydrogen-bond acceptors (Lipinski definition) is 6. The van der Waals surface area contributed by atoms with E-state index in [4.69, 9.17) is 19.2 Å². The Balaban J connectivity index is 0.964. The number of ether oxygens (including phenoxy) is 2. The van der Waals surface area contributed by atoms with Crippen molar-refractivity contribution in [1.29, 1.82) is 0 Å². The fraction of sp³-hybridized carbons (Fsp3) is 0.806. The summed E-state index contributed by atoms with van der Waals surface area (Å²) in [5, 5.41) is 10.1. The Kier molecular flexibility index (Phi) is 6.17. The SMILES string of the molecule is CC(C)(O)CN1CCC(Oc2ccc([C@@H]3CCC[C@]4(C3)OOC3(O4)C4CC5CC(C4)CC3C5)cc2)CC1. The van der Waals surface area contributed by atoms with Gasteiger partial charge in [0, 0.05) is 44.3 Å². The van der Waals surface area contributed by atoms with Crippen LogP contribution in [0.4, 0.5) is 0 Å². The van der Waals surface area contributed by atoms with E-state index in [0.717, 1.165) is 69.3 Å². The van der Waals surface area contributed by atoms with E-state index >= 15 is 0 Å². The summed E-state index contributed by atoms with van der Waals surface area (Å²) in [4.78, 5) is 14.8. The third kappa shape index (κ3) is 4.75. The molecule has 1 N–H and O–H groups in total. The molecule has 37 heavy (non-hydrogen) atoms. The summed E-state index contributed by atoms with van der Waals surface area (Å²) in [6.07, 6.45) is 12.8. The van der Waals surface area contributed by atoms with Crippen molar-refractivity contribution in [3.05, 3.63) is 29.8 Å². The molecular formula is C31H45NO5. The summed E-state index contributed by atoms with van der Waals surface area (Å²) in [5.41, 5.74) is 0.711. The van der Waals surface area contributed by atoms with E-state index in [-0.39, 0.29) is 6.10 Å². The number of β-amino-alcohol motifs (C(OH)–C–C–N with tert-alkyl or cyclic N) is 1. The highest BCUT2D eigenvalue weighted by atomic mass is 17.3. The van der Waals surface area contributed by atoms with Gasteiger partial charge in [-0.05, 0) is 107 Å². The van der Waals surface area contributed by atoms with E-state index in [1.165, 1.54) is 44.1 Å². The number of likely N-dealkylation sites (tertiary alicyclic amines) is 1. The Morgan fingerprint density at radius 2 is 1.62 bits per heavy atom. The minimum absolute atomic E-state index is 0.247. The molecule has 204 valence electrons. The van der Waals surface area contributed by atoms with Gasteiger partial charge in [-0.3, -0.25) is 0 Å². The average molecular weight is 512 g/mol. The number of rotatable bonds is 5. The lowest BCUT2D eigenvalue weighted by Gasteiger charge is -2.57. The molecule has 7 fully saturated rings. The zero-order chi connectivity index (χ0) is 25.3. The van der Waals surface area contributed by atoms with Crippen molar-refractivity contribution < 1.29 is 24.4 Å². The van der Waals surface area contributed by atoms with E-state index in [1.54, 1.807) is 0 Å². The molecule has 0 unspecified atom stereocenters. The standard InChI is InChI=1S/C31H45NO5/c1-29(2,33)20-32-12-9-28(10-13-32)34-27-7-5-23(6-8-27)24-4-3-11-30(19-24)35-31(37-36-30)25-15-21-14-22(17-25)18-26(31)16-21/h5-8,21-22,24-26,28,33H,3-4,9-20H2,1-2H3/t21?,22?,24-,25?,26?,30-,31?/m1/s1. The number of nitrogens with zero attached hydrogens (tertiary/aromatic N) is 1. The van der Waals surface area contributed by atoms with Crippen LogP contribution in [-0.2, 0) is 14.5 Å². The van der Waals surface area contributed by atoms with Crippen molar-refractivity contribution in [2.45, 2.75) is 114 Å². The topological polar surface area (TPSA) is 60.4 Å². The zero-order valence-electron chi connectivity index (χ0n) is 22.7. The normalized spacial score (nSPS) is 42.2. The smallest absolute Gasteiger partial charge is 0.210 e. The van der Waals surface area contributed by atoms with E-state index in [9.17, 15) is 5.11 Å². The van der Waals surface area contributed by atoms with Gasteiger partial charge in [-0.1, -0.05) is 12.1 Å². The van der Waals surface area contributed by atoms with Crippen molar-refractivity contribution in [3.8, 4) is 5.75 Å². The molecule has 8 rings (SSSR count). The average Bonchev–Trinajstić information content (AvgIpc) is 3.22. The molecule has 2 aliphatic heterocycles. The van der Waals surface area contributed by atoms with E-state index in [1.807, 2.05) is 13.8 Å². The lowest BCUT2D eigenvalue weighted by atomic mass is 9.53. The van der Waals surface area contributed by atoms with E-state index < -0.39 is 17.2 Å². The third-order valence-corrected chi connectivity index (χ3v) is 10.4. The van der Waals surface area contributed by atoms with Crippen LogP contribution < -0.4 is 4.74 Å². The first-order valence-electron chi connectivity index (χ1n) is 15.1. The Bertz CT molecular complexity index is 937. The summed E-state index contributed by atoms with van der Waals surface area (Å²) in [7, 11) is 0. The highest BCUT2D eigenvalue weighted by Crippen LogP contribution is 2.64. The minimum atomic E-state index is -0.641. The molecule has 0 amide bonds. The zero-order valence-corrected chi connectivity index (χ0v) is 22.7. The van der Waals surface area contributed by atoms with Gasteiger partial charge in [0.2, 0.25) is 11.6 Å². The van der Waals surface area contributed by atoms with Gasteiger partial charge in [0.25, 0.3) is 0 Å². The Morgan fingerprint density at radius 3 is 2.27 bits per heavy atom. The largest absolute Gasteiger partial charge is 0.490 e. The summed E-state index contributed by atoms with van der Waals surface area (Å²) < 4.78 is 13.3. The van der Waals surface area contributed by atoms with Crippen LogP contribution >= 0.6 is 0 Å². The van der Waals surface area contributed by atoms with E-state index in [2.05, 4.69) is 29.2 Å². The minimum Gasteiger partial charge on any atom is -0.490 e. The van der Waals surface area contributed by atoms with Gasteiger partial charge in [0.1, 0.15) is 11.9 Å².